The fraction of sp³-hybridized carbons (Fsp3) is 0.625. The quantitative estimate of drug-likeness (QED) is 0.806. The van der Waals surface area contributed by atoms with E-state index in [1.165, 1.54) is 44.5 Å². The van der Waals surface area contributed by atoms with E-state index in [4.69, 9.17) is 23.2 Å². The number of piperidine rings is 1. The molecule has 3 rings (SSSR count). The fourth-order valence-corrected chi connectivity index (χ4v) is 4.14. The monoisotopic (exact) mass is 312 g/mol. The Morgan fingerprint density at radius 3 is 2.80 bits per heavy atom. The first-order valence-corrected chi connectivity index (χ1v) is 8.34. The number of benzene rings is 1. The number of nitrogens with zero attached hydrogens (tertiary/aromatic N) is 2. The molecule has 1 aromatic rings. The first kappa shape index (κ1) is 14.6. The summed E-state index contributed by atoms with van der Waals surface area (Å²) in [5.41, 5.74) is 1.19. The Hall–Kier alpha value is -0.280. The minimum atomic E-state index is 0.365. The number of fused-ring (bicyclic) bond motifs is 1. The standard InChI is InChI=1S/C16H22Cl2N2/c1-12(15-6-5-13(17)10-16(15)18)20-9-8-19-7-3-2-4-14(19)11-20/h5-6,10,12,14H,2-4,7-9,11H2,1H3. The summed E-state index contributed by atoms with van der Waals surface area (Å²) in [7, 11) is 0. The second-order valence-electron chi connectivity index (χ2n) is 6.02. The van der Waals surface area contributed by atoms with E-state index in [0.29, 0.717) is 11.1 Å². The molecule has 0 aliphatic carbocycles. The van der Waals surface area contributed by atoms with Crippen LogP contribution in [0.25, 0.3) is 0 Å². The van der Waals surface area contributed by atoms with E-state index in [1.54, 1.807) is 0 Å². The van der Waals surface area contributed by atoms with E-state index in [-0.39, 0.29) is 0 Å². The molecular formula is C16H22Cl2N2. The largest absolute Gasteiger partial charge is 0.298 e. The molecule has 2 saturated heterocycles. The summed E-state index contributed by atoms with van der Waals surface area (Å²) in [6.45, 7) is 7.04. The first-order valence-electron chi connectivity index (χ1n) is 7.58. The van der Waals surface area contributed by atoms with Gasteiger partial charge in [-0.2, -0.15) is 0 Å². The molecule has 2 aliphatic rings. The van der Waals surface area contributed by atoms with E-state index >= 15 is 0 Å². The molecule has 0 bridgehead atoms. The lowest BCUT2D eigenvalue weighted by atomic mass is 9.97. The summed E-state index contributed by atoms with van der Waals surface area (Å²) in [4.78, 5) is 5.23. The number of halogens is 2. The third-order valence-electron chi connectivity index (χ3n) is 4.83. The highest BCUT2D eigenvalue weighted by atomic mass is 35.5. The lowest BCUT2D eigenvalue weighted by molar-refractivity contribution is 0.0307. The van der Waals surface area contributed by atoms with Crippen LogP contribution in [0, 0.1) is 0 Å². The Labute approximate surface area is 131 Å². The van der Waals surface area contributed by atoms with Crippen LogP contribution in [0.1, 0.15) is 37.8 Å². The molecule has 0 radical (unpaired) electrons. The van der Waals surface area contributed by atoms with Gasteiger partial charge in [-0.05, 0) is 44.0 Å². The van der Waals surface area contributed by atoms with Gasteiger partial charge in [-0.15, -0.1) is 0 Å². The van der Waals surface area contributed by atoms with Crippen LogP contribution in [0.2, 0.25) is 10.0 Å². The molecule has 4 heteroatoms. The zero-order valence-corrected chi connectivity index (χ0v) is 13.5. The highest BCUT2D eigenvalue weighted by Crippen LogP contribution is 2.32. The van der Waals surface area contributed by atoms with Crippen molar-refractivity contribution in [2.24, 2.45) is 0 Å². The zero-order valence-electron chi connectivity index (χ0n) is 12.0. The average molecular weight is 313 g/mol. The normalized spacial score (nSPS) is 26.2. The predicted molar refractivity (Wildman–Crippen MR) is 85.7 cm³/mol. The van der Waals surface area contributed by atoms with Gasteiger partial charge in [0.2, 0.25) is 0 Å². The van der Waals surface area contributed by atoms with Gasteiger partial charge < -0.3 is 0 Å². The smallest absolute Gasteiger partial charge is 0.0468 e. The van der Waals surface area contributed by atoms with Gasteiger partial charge in [0.25, 0.3) is 0 Å². The van der Waals surface area contributed by atoms with E-state index < -0.39 is 0 Å². The lowest BCUT2D eigenvalue weighted by Gasteiger charge is -2.46. The summed E-state index contributed by atoms with van der Waals surface area (Å²) in [6.07, 6.45) is 4.09. The van der Waals surface area contributed by atoms with E-state index in [9.17, 15) is 0 Å². The predicted octanol–water partition coefficient (Wildman–Crippen LogP) is 4.22. The van der Waals surface area contributed by atoms with Crippen molar-refractivity contribution in [3.05, 3.63) is 33.8 Å². The van der Waals surface area contributed by atoms with E-state index in [1.807, 2.05) is 12.1 Å². The molecule has 0 aromatic heterocycles. The van der Waals surface area contributed by atoms with Crippen molar-refractivity contribution in [3.63, 3.8) is 0 Å². The highest BCUT2D eigenvalue weighted by molar-refractivity contribution is 6.35. The molecule has 2 atom stereocenters. The molecule has 0 spiro atoms. The van der Waals surface area contributed by atoms with Crippen molar-refractivity contribution >= 4 is 23.2 Å². The fourth-order valence-electron chi connectivity index (χ4n) is 3.57. The third-order valence-corrected chi connectivity index (χ3v) is 5.39. The average Bonchev–Trinajstić information content (AvgIpc) is 2.46. The van der Waals surface area contributed by atoms with Gasteiger partial charge in [0.1, 0.15) is 0 Å². The van der Waals surface area contributed by atoms with Crippen molar-refractivity contribution in [2.45, 2.75) is 38.3 Å². The maximum atomic E-state index is 6.36. The maximum absolute atomic E-state index is 6.36. The molecule has 20 heavy (non-hydrogen) atoms. The molecule has 2 aliphatic heterocycles. The third kappa shape index (κ3) is 2.99. The van der Waals surface area contributed by atoms with Gasteiger partial charge in [0.05, 0.1) is 0 Å². The van der Waals surface area contributed by atoms with Gasteiger partial charge in [-0.3, -0.25) is 9.80 Å². The van der Waals surface area contributed by atoms with Crippen molar-refractivity contribution in [1.29, 1.82) is 0 Å². The Kier molecular flexibility index (Phi) is 4.56. The van der Waals surface area contributed by atoms with Gasteiger partial charge in [-0.25, -0.2) is 0 Å². The molecule has 2 nitrogen and oxygen atoms in total. The SMILES string of the molecule is CC(c1ccc(Cl)cc1Cl)N1CCN2CCCCC2C1. The molecule has 0 N–H and O–H groups in total. The van der Waals surface area contributed by atoms with Crippen molar-refractivity contribution in [3.8, 4) is 0 Å². The number of piperazine rings is 1. The topological polar surface area (TPSA) is 6.48 Å². The number of hydrogen-bond acceptors (Lipinski definition) is 2. The van der Waals surface area contributed by atoms with Crippen LogP contribution >= 0.6 is 23.2 Å². The molecule has 0 amide bonds. The zero-order chi connectivity index (χ0) is 14.1. The van der Waals surface area contributed by atoms with Gasteiger partial charge in [0, 0.05) is 41.8 Å². The summed E-state index contributed by atoms with van der Waals surface area (Å²) < 4.78 is 0. The van der Waals surface area contributed by atoms with Crippen LogP contribution in [0.15, 0.2) is 18.2 Å². The van der Waals surface area contributed by atoms with Crippen LogP contribution in [-0.2, 0) is 0 Å². The van der Waals surface area contributed by atoms with Gasteiger partial charge in [0.15, 0.2) is 0 Å². The Morgan fingerprint density at radius 2 is 2.00 bits per heavy atom. The second-order valence-corrected chi connectivity index (χ2v) is 6.87. The maximum Gasteiger partial charge on any atom is 0.0468 e. The molecule has 0 saturated carbocycles. The molecule has 2 fully saturated rings. The summed E-state index contributed by atoms with van der Waals surface area (Å²) in [5.74, 6) is 0. The lowest BCUT2D eigenvalue weighted by Crippen LogP contribution is -2.55. The molecule has 2 heterocycles. The van der Waals surface area contributed by atoms with Gasteiger partial charge in [-0.1, -0.05) is 35.7 Å². The van der Waals surface area contributed by atoms with Crippen molar-refractivity contribution in [2.75, 3.05) is 26.2 Å². The Balaban J connectivity index is 1.72. The van der Waals surface area contributed by atoms with E-state index in [0.717, 1.165) is 17.6 Å². The van der Waals surface area contributed by atoms with Crippen LogP contribution in [0.5, 0.6) is 0 Å². The molecule has 110 valence electrons. The Bertz CT molecular complexity index is 478. The van der Waals surface area contributed by atoms with E-state index in [2.05, 4.69) is 22.8 Å². The van der Waals surface area contributed by atoms with Crippen LogP contribution in [-0.4, -0.2) is 42.0 Å². The van der Waals surface area contributed by atoms with Crippen LogP contribution < -0.4 is 0 Å². The van der Waals surface area contributed by atoms with Gasteiger partial charge >= 0.3 is 0 Å². The molecule has 2 unspecified atom stereocenters. The second kappa shape index (κ2) is 6.23. The number of hydrogen-bond donors (Lipinski definition) is 0. The van der Waals surface area contributed by atoms with Crippen molar-refractivity contribution in [1.82, 2.24) is 9.80 Å². The first-order chi connectivity index (χ1) is 9.65. The summed E-state index contributed by atoms with van der Waals surface area (Å²) >= 11 is 12.4. The molecule has 1 aromatic carbocycles. The van der Waals surface area contributed by atoms with Crippen LogP contribution in [0.4, 0.5) is 0 Å². The number of rotatable bonds is 2. The van der Waals surface area contributed by atoms with Crippen LogP contribution in [0.3, 0.4) is 0 Å². The Morgan fingerprint density at radius 1 is 1.15 bits per heavy atom. The van der Waals surface area contributed by atoms with Crippen molar-refractivity contribution < 1.29 is 0 Å². The molecular weight excluding hydrogens is 291 g/mol. The minimum Gasteiger partial charge on any atom is -0.298 e. The minimum absolute atomic E-state index is 0.365. The highest BCUT2D eigenvalue weighted by Gasteiger charge is 2.31. The summed E-state index contributed by atoms with van der Waals surface area (Å²) in [6, 6.07) is 6.97. The summed E-state index contributed by atoms with van der Waals surface area (Å²) in [5, 5.41) is 1.50.